The van der Waals surface area contributed by atoms with Crippen LogP contribution in [-0.2, 0) is 4.79 Å². The van der Waals surface area contributed by atoms with Gasteiger partial charge in [-0.05, 0) is 49.2 Å². The number of rotatable bonds is 5. The third kappa shape index (κ3) is 3.88. The summed E-state index contributed by atoms with van der Waals surface area (Å²) in [4.78, 5) is 29.2. The maximum atomic E-state index is 13.9. The number of pyridine rings is 3. The first-order valence-electron chi connectivity index (χ1n) is 12.5. The van der Waals surface area contributed by atoms with E-state index in [2.05, 4.69) is 35.5 Å². The number of carbonyl (C=O) groups excluding carboxylic acids is 1. The van der Waals surface area contributed by atoms with Gasteiger partial charge in [-0.1, -0.05) is 18.6 Å². The highest BCUT2D eigenvalue weighted by atomic mass is 19.1. The Morgan fingerprint density at radius 2 is 1.82 bits per heavy atom. The molecule has 1 amide bonds. The lowest BCUT2D eigenvalue weighted by Gasteiger charge is -2.24. The van der Waals surface area contributed by atoms with Crippen LogP contribution in [0.4, 0.5) is 10.1 Å². The van der Waals surface area contributed by atoms with E-state index in [0.29, 0.717) is 28.3 Å². The van der Waals surface area contributed by atoms with Crippen LogP contribution in [-0.4, -0.2) is 36.0 Å². The molecule has 7 rings (SSSR count). The number of hydrogen-bond donors (Lipinski definition) is 3. The van der Waals surface area contributed by atoms with E-state index in [4.69, 9.17) is 0 Å². The molecular formula is C29H22FN7O. The van der Waals surface area contributed by atoms with Crippen molar-refractivity contribution in [1.29, 1.82) is 0 Å². The van der Waals surface area contributed by atoms with Crippen LogP contribution in [0.25, 0.3) is 55.7 Å². The highest BCUT2D eigenvalue weighted by molar-refractivity contribution is 6.00. The molecule has 0 spiro atoms. The molecule has 1 saturated carbocycles. The Balaban J connectivity index is 1.26. The lowest BCUT2D eigenvalue weighted by Crippen LogP contribution is -2.28. The van der Waals surface area contributed by atoms with Gasteiger partial charge in [0, 0.05) is 57.5 Å². The summed E-state index contributed by atoms with van der Waals surface area (Å²) < 4.78 is 13.9. The van der Waals surface area contributed by atoms with Crippen LogP contribution in [0.5, 0.6) is 0 Å². The predicted octanol–water partition coefficient (Wildman–Crippen LogP) is 6.11. The minimum atomic E-state index is -0.310. The van der Waals surface area contributed by atoms with E-state index in [-0.39, 0.29) is 17.6 Å². The smallest absolute Gasteiger partial charge is 0.227 e. The van der Waals surface area contributed by atoms with Crippen molar-refractivity contribution in [3.63, 3.8) is 0 Å². The summed E-state index contributed by atoms with van der Waals surface area (Å²) in [6, 6.07) is 14.2. The van der Waals surface area contributed by atoms with Crippen molar-refractivity contribution >= 4 is 33.5 Å². The average molecular weight is 504 g/mol. The van der Waals surface area contributed by atoms with Gasteiger partial charge in [0.25, 0.3) is 0 Å². The van der Waals surface area contributed by atoms with Gasteiger partial charge in [-0.15, -0.1) is 0 Å². The Morgan fingerprint density at radius 3 is 2.66 bits per heavy atom. The highest BCUT2D eigenvalue weighted by Gasteiger charge is 2.25. The van der Waals surface area contributed by atoms with Crippen LogP contribution < -0.4 is 5.32 Å². The van der Waals surface area contributed by atoms with E-state index < -0.39 is 0 Å². The monoisotopic (exact) mass is 503 g/mol. The number of nitrogens with one attached hydrogen (secondary N) is 3. The fraction of sp³-hybridized carbons (Fsp3) is 0.138. The first kappa shape index (κ1) is 22.3. The first-order valence-corrected chi connectivity index (χ1v) is 12.5. The molecule has 38 heavy (non-hydrogen) atoms. The molecule has 0 saturated heterocycles. The SMILES string of the molecule is O=C(Nc1cncc(-c2cnc3[nH]nc(-c4cc5c(-c6cccc(F)c6)nccc5[nH]4)c3c2)c1)C1CCC1. The van der Waals surface area contributed by atoms with Gasteiger partial charge in [-0.25, -0.2) is 9.37 Å². The van der Waals surface area contributed by atoms with Crippen LogP contribution in [0.2, 0.25) is 0 Å². The van der Waals surface area contributed by atoms with E-state index in [1.54, 1.807) is 30.9 Å². The average Bonchev–Trinajstić information content (AvgIpc) is 3.51. The van der Waals surface area contributed by atoms with Gasteiger partial charge < -0.3 is 10.3 Å². The normalized spacial score (nSPS) is 13.6. The van der Waals surface area contributed by atoms with E-state index in [9.17, 15) is 9.18 Å². The summed E-state index contributed by atoms with van der Waals surface area (Å²) in [5, 5.41) is 12.2. The number of halogens is 1. The zero-order chi connectivity index (χ0) is 25.6. The van der Waals surface area contributed by atoms with Crippen molar-refractivity contribution < 1.29 is 9.18 Å². The van der Waals surface area contributed by atoms with Crippen molar-refractivity contribution in [2.45, 2.75) is 19.3 Å². The van der Waals surface area contributed by atoms with Crippen LogP contribution in [0.3, 0.4) is 0 Å². The van der Waals surface area contributed by atoms with Gasteiger partial charge in [-0.3, -0.25) is 19.9 Å². The minimum Gasteiger partial charge on any atom is -0.353 e. The summed E-state index contributed by atoms with van der Waals surface area (Å²) in [6.07, 6.45) is 9.86. The molecule has 1 aromatic carbocycles. The molecule has 9 heteroatoms. The maximum Gasteiger partial charge on any atom is 0.227 e. The van der Waals surface area contributed by atoms with Crippen LogP contribution >= 0.6 is 0 Å². The minimum absolute atomic E-state index is 0.0480. The molecule has 186 valence electrons. The molecule has 3 N–H and O–H groups in total. The van der Waals surface area contributed by atoms with Gasteiger partial charge in [0.2, 0.25) is 5.91 Å². The summed E-state index contributed by atoms with van der Waals surface area (Å²) >= 11 is 0. The summed E-state index contributed by atoms with van der Waals surface area (Å²) in [5.74, 6) is -0.167. The molecule has 0 aliphatic heterocycles. The Bertz CT molecular complexity index is 1840. The number of amides is 1. The molecule has 6 aromatic rings. The third-order valence-electron chi connectivity index (χ3n) is 7.13. The Hall–Kier alpha value is -4.92. The van der Waals surface area contributed by atoms with Crippen LogP contribution in [0.15, 0.2) is 73.3 Å². The quantitative estimate of drug-likeness (QED) is 0.263. The number of benzene rings is 1. The zero-order valence-electron chi connectivity index (χ0n) is 20.2. The molecular weight excluding hydrogens is 481 g/mol. The Labute approximate surface area is 216 Å². The summed E-state index contributed by atoms with van der Waals surface area (Å²) in [6.45, 7) is 0. The van der Waals surface area contributed by atoms with Gasteiger partial charge in [0.15, 0.2) is 5.65 Å². The molecule has 0 radical (unpaired) electrons. The molecule has 0 atom stereocenters. The van der Waals surface area contributed by atoms with E-state index in [0.717, 1.165) is 52.4 Å². The second kappa shape index (κ2) is 8.88. The largest absolute Gasteiger partial charge is 0.353 e. The fourth-order valence-electron chi connectivity index (χ4n) is 4.89. The summed E-state index contributed by atoms with van der Waals surface area (Å²) in [5.41, 5.74) is 6.76. The number of hydrogen-bond acceptors (Lipinski definition) is 5. The van der Waals surface area contributed by atoms with Crippen molar-refractivity contribution in [2.75, 3.05) is 5.32 Å². The standard InChI is InChI=1S/C29H22FN7O/c30-20-6-2-5-17(9-20)26-22-12-25(35-24(22)7-8-32-26)27-23-11-19(14-33-28(23)37-36-27)18-10-21(15-31-13-18)34-29(38)16-3-1-4-16/h2,5-16,35H,1,3-4H2,(H,34,38)(H,33,36,37). The van der Waals surface area contributed by atoms with Crippen molar-refractivity contribution in [3.8, 4) is 33.8 Å². The second-order valence-electron chi connectivity index (χ2n) is 9.59. The number of H-pyrrole nitrogens is 2. The number of carbonyl (C=O) groups is 1. The summed E-state index contributed by atoms with van der Waals surface area (Å²) in [7, 11) is 0. The number of anilines is 1. The van der Waals surface area contributed by atoms with E-state index in [1.807, 2.05) is 30.3 Å². The lowest BCUT2D eigenvalue weighted by molar-refractivity contribution is -0.122. The molecule has 0 unspecified atom stereocenters. The number of nitrogens with zero attached hydrogens (tertiary/aromatic N) is 4. The molecule has 8 nitrogen and oxygen atoms in total. The third-order valence-corrected chi connectivity index (χ3v) is 7.13. The van der Waals surface area contributed by atoms with E-state index in [1.165, 1.54) is 12.1 Å². The maximum absolute atomic E-state index is 13.9. The molecule has 0 bridgehead atoms. The Kier molecular flexibility index (Phi) is 5.21. The number of aromatic nitrogens is 6. The zero-order valence-corrected chi connectivity index (χ0v) is 20.2. The van der Waals surface area contributed by atoms with Gasteiger partial charge in [-0.2, -0.15) is 5.10 Å². The molecule has 5 heterocycles. The predicted molar refractivity (Wildman–Crippen MR) is 144 cm³/mol. The van der Waals surface area contributed by atoms with Gasteiger partial charge >= 0.3 is 0 Å². The molecule has 1 fully saturated rings. The number of fused-ring (bicyclic) bond motifs is 2. The molecule has 1 aliphatic carbocycles. The van der Waals surface area contributed by atoms with Crippen LogP contribution in [0.1, 0.15) is 19.3 Å². The second-order valence-corrected chi connectivity index (χ2v) is 9.59. The van der Waals surface area contributed by atoms with Gasteiger partial charge in [0.1, 0.15) is 11.5 Å². The van der Waals surface area contributed by atoms with Crippen molar-refractivity contribution in [3.05, 3.63) is 79.1 Å². The van der Waals surface area contributed by atoms with Crippen LogP contribution in [0, 0.1) is 11.7 Å². The Morgan fingerprint density at radius 1 is 0.921 bits per heavy atom. The van der Waals surface area contributed by atoms with Crippen molar-refractivity contribution in [2.24, 2.45) is 5.92 Å². The lowest BCUT2D eigenvalue weighted by atomic mass is 9.85. The number of aromatic amines is 2. The topological polar surface area (TPSA) is 112 Å². The van der Waals surface area contributed by atoms with Crippen molar-refractivity contribution in [1.82, 2.24) is 30.1 Å². The van der Waals surface area contributed by atoms with Gasteiger partial charge in [0.05, 0.1) is 23.3 Å². The van der Waals surface area contributed by atoms with E-state index >= 15 is 0 Å². The molecule has 1 aliphatic rings. The fourth-order valence-corrected chi connectivity index (χ4v) is 4.89. The highest BCUT2D eigenvalue weighted by Crippen LogP contribution is 2.34. The molecule has 5 aromatic heterocycles. The first-order chi connectivity index (χ1) is 18.6.